The molecule has 3 aromatic carbocycles. The van der Waals surface area contributed by atoms with E-state index in [1.807, 2.05) is 6.92 Å². The fraction of sp³-hybridized carbons (Fsp3) is 0.192. The summed E-state index contributed by atoms with van der Waals surface area (Å²) in [6, 6.07) is 19.9. The largest absolute Gasteiger partial charge is 0.494 e. The van der Waals surface area contributed by atoms with E-state index >= 15 is 0 Å². The number of carbonyl (C=O) groups excluding carboxylic acids is 2. The van der Waals surface area contributed by atoms with Crippen LogP contribution < -0.4 is 24.5 Å². The Morgan fingerprint density at radius 3 is 2.21 bits per heavy atom. The van der Waals surface area contributed by atoms with Gasteiger partial charge in [0.25, 0.3) is 11.8 Å². The van der Waals surface area contributed by atoms with Gasteiger partial charge in [0.1, 0.15) is 18.0 Å². The highest BCUT2D eigenvalue weighted by Gasteiger charge is 2.20. The Morgan fingerprint density at radius 1 is 0.947 bits per heavy atom. The second kappa shape index (κ2) is 13.5. The molecular formula is C26H27ClN4O6S. The maximum absolute atomic E-state index is 12.4. The first-order valence-electron chi connectivity index (χ1n) is 11.5. The van der Waals surface area contributed by atoms with Crippen LogP contribution in [0, 0.1) is 0 Å². The molecule has 0 aromatic heterocycles. The van der Waals surface area contributed by atoms with E-state index in [0.717, 1.165) is 10.6 Å². The minimum Gasteiger partial charge on any atom is -0.494 e. The van der Waals surface area contributed by atoms with Crippen molar-refractivity contribution in [3.05, 3.63) is 83.4 Å². The number of hydrogen-bond acceptors (Lipinski definition) is 7. The third-order valence-electron chi connectivity index (χ3n) is 4.92. The molecule has 2 N–H and O–H groups in total. The molecule has 38 heavy (non-hydrogen) atoms. The maximum Gasteiger partial charge on any atom is 0.262 e. The Labute approximate surface area is 226 Å². The number of hydrazone groups is 1. The molecule has 200 valence electrons. The highest BCUT2D eigenvalue weighted by atomic mass is 35.5. The number of rotatable bonds is 12. The van der Waals surface area contributed by atoms with Crippen molar-refractivity contribution in [2.45, 2.75) is 6.92 Å². The number of carbonyl (C=O) groups is 2. The Hall–Kier alpha value is -4.09. The molecule has 0 heterocycles. The van der Waals surface area contributed by atoms with Crippen LogP contribution in [0.25, 0.3) is 0 Å². The van der Waals surface area contributed by atoms with Crippen LogP contribution in [-0.2, 0) is 19.6 Å². The summed E-state index contributed by atoms with van der Waals surface area (Å²) >= 11 is 6.02. The van der Waals surface area contributed by atoms with Crippen molar-refractivity contribution < 1.29 is 27.5 Å². The lowest BCUT2D eigenvalue weighted by Gasteiger charge is -2.21. The zero-order valence-electron chi connectivity index (χ0n) is 20.8. The Morgan fingerprint density at radius 2 is 1.58 bits per heavy atom. The van der Waals surface area contributed by atoms with E-state index in [4.69, 9.17) is 21.1 Å². The standard InChI is InChI=1S/C26H27ClN4O6S/c1-3-36-21-14-10-20(11-15-21)31(38(2,34)35)17-25(32)30-28-16-19-8-12-22(13-9-19)37-18-26(33)29-24-7-5-4-6-23(24)27/h4-16H,3,17-18H2,1-2H3,(H,29,33)(H,30,32)/b28-16-. The average Bonchev–Trinajstić information content (AvgIpc) is 2.88. The van der Waals surface area contributed by atoms with E-state index in [2.05, 4.69) is 15.8 Å². The molecule has 0 saturated heterocycles. The molecule has 0 aliphatic carbocycles. The van der Waals surface area contributed by atoms with Gasteiger partial charge in [-0.1, -0.05) is 23.7 Å². The number of nitrogens with zero attached hydrogens (tertiary/aromatic N) is 2. The van der Waals surface area contributed by atoms with Gasteiger partial charge in [-0.2, -0.15) is 5.10 Å². The lowest BCUT2D eigenvalue weighted by atomic mass is 10.2. The number of benzene rings is 3. The molecular weight excluding hydrogens is 532 g/mol. The Bertz CT molecular complexity index is 1380. The van der Waals surface area contributed by atoms with Crippen LogP contribution in [0.2, 0.25) is 5.02 Å². The van der Waals surface area contributed by atoms with Crippen LogP contribution in [0.15, 0.2) is 77.9 Å². The smallest absolute Gasteiger partial charge is 0.262 e. The number of ether oxygens (including phenoxy) is 2. The van der Waals surface area contributed by atoms with Crippen molar-refractivity contribution in [3.63, 3.8) is 0 Å². The number of sulfonamides is 1. The van der Waals surface area contributed by atoms with E-state index < -0.39 is 22.5 Å². The first kappa shape index (κ1) is 28.5. The molecule has 0 bridgehead atoms. The fourth-order valence-electron chi connectivity index (χ4n) is 3.17. The van der Waals surface area contributed by atoms with Crippen molar-refractivity contribution in [2.24, 2.45) is 5.10 Å². The molecule has 0 aliphatic rings. The number of anilines is 2. The van der Waals surface area contributed by atoms with Gasteiger partial charge in [-0.3, -0.25) is 13.9 Å². The average molecular weight is 559 g/mol. The summed E-state index contributed by atoms with van der Waals surface area (Å²) in [5.41, 5.74) is 3.79. The summed E-state index contributed by atoms with van der Waals surface area (Å²) in [6.07, 6.45) is 2.41. The Kier molecular flexibility index (Phi) is 10.1. The second-order valence-corrected chi connectivity index (χ2v) is 10.2. The lowest BCUT2D eigenvalue weighted by Crippen LogP contribution is -2.39. The van der Waals surface area contributed by atoms with Gasteiger partial charge in [-0.25, -0.2) is 13.8 Å². The number of para-hydroxylation sites is 1. The van der Waals surface area contributed by atoms with Crippen molar-refractivity contribution in [1.29, 1.82) is 0 Å². The van der Waals surface area contributed by atoms with Crippen molar-refractivity contribution >= 4 is 51.0 Å². The van der Waals surface area contributed by atoms with Gasteiger partial charge < -0.3 is 14.8 Å². The third kappa shape index (κ3) is 8.79. The second-order valence-electron chi connectivity index (χ2n) is 7.88. The highest BCUT2D eigenvalue weighted by molar-refractivity contribution is 7.92. The molecule has 3 aromatic rings. The van der Waals surface area contributed by atoms with E-state index in [1.54, 1.807) is 72.8 Å². The molecule has 0 unspecified atom stereocenters. The molecule has 2 amide bonds. The van der Waals surface area contributed by atoms with Crippen LogP contribution in [0.4, 0.5) is 11.4 Å². The van der Waals surface area contributed by atoms with Crippen LogP contribution in [0.1, 0.15) is 12.5 Å². The highest BCUT2D eigenvalue weighted by Crippen LogP contribution is 2.22. The first-order valence-corrected chi connectivity index (χ1v) is 13.7. The van der Waals surface area contributed by atoms with Gasteiger partial charge in [0.05, 0.1) is 35.5 Å². The minimum atomic E-state index is -3.72. The summed E-state index contributed by atoms with van der Waals surface area (Å²) in [6.45, 7) is 1.66. The van der Waals surface area contributed by atoms with Crippen LogP contribution in [0.3, 0.4) is 0 Å². The van der Waals surface area contributed by atoms with Crippen LogP contribution in [0.5, 0.6) is 11.5 Å². The Balaban J connectivity index is 1.50. The maximum atomic E-state index is 12.4. The summed E-state index contributed by atoms with van der Waals surface area (Å²) in [5, 5.41) is 6.98. The van der Waals surface area contributed by atoms with Gasteiger partial charge >= 0.3 is 0 Å². The van der Waals surface area contributed by atoms with E-state index in [-0.39, 0.29) is 12.5 Å². The van der Waals surface area contributed by atoms with Gasteiger partial charge in [0.15, 0.2) is 6.61 Å². The van der Waals surface area contributed by atoms with Crippen LogP contribution in [-0.4, -0.2) is 52.5 Å². The van der Waals surface area contributed by atoms with Crippen molar-refractivity contribution in [1.82, 2.24) is 5.43 Å². The number of amides is 2. The van der Waals surface area contributed by atoms with Crippen LogP contribution >= 0.6 is 11.6 Å². The fourth-order valence-corrected chi connectivity index (χ4v) is 4.21. The molecule has 0 radical (unpaired) electrons. The molecule has 10 nitrogen and oxygen atoms in total. The first-order chi connectivity index (χ1) is 18.2. The number of halogens is 1. The van der Waals surface area contributed by atoms with Crippen molar-refractivity contribution in [2.75, 3.05) is 35.6 Å². The summed E-state index contributed by atoms with van der Waals surface area (Å²) in [5.74, 6) is 0.0695. The SMILES string of the molecule is CCOc1ccc(N(CC(=O)N/N=C\c2ccc(OCC(=O)Nc3ccccc3Cl)cc2)S(C)(=O)=O)cc1. The molecule has 0 aliphatic heterocycles. The summed E-state index contributed by atoms with van der Waals surface area (Å²) < 4.78 is 36.3. The van der Waals surface area contributed by atoms with Gasteiger partial charge in [0, 0.05) is 0 Å². The number of hydrogen-bond donors (Lipinski definition) is 2. The van der Waals surface area contributed by atoms with Gasteiger partial charge in [-0.05, 0) is 73.2 Å². The number of nitrogens with one attached hydrogen (secondary N) is 2. The molecule has 0 spiro atoms. The lowest BCUT2D eigenvalue weighted by molar-refractivity contribution is -0.119. The van der Waals surface area contributed by atoms with Crippen molar-refractivity contribution in [3.8, 4) is 11.5 Å². The predicted molar refractivity (Wildman–Crippen MR) is 148 cm³/mol. The monoisotopic (exact) mass is 558 g/mol. The third-order valence-corrected chi connectivity index (χ3v) is 6.39. The summed E-state index contributed by atoms with van der Waals surface area (Å²) in [4.78, 5) is 24.4. The normalized spacial score (nSPS) is 11.1. The molecule has 12 heteroatoms. The summed E-state index contributed by atoms with van der Waals surface area (Å²) in [7, 11) is -3.72. The van der Waals surface area contributed by atoms with Gasteiger partial charge in [-0.15, -0.1) is 0 Å². The van der Waals surface area contributed by atoms with E-state index in [1.165, 1.54) is 6.21 Å². The topological polar surface area (TPSA) is 126 Å². The zero-order valence-corrected chi connectivity index (χ0v) is 22.3. The van der Waals surface area contributed by atoms with E-state index in [9.17, 15) is 18.0 Å². The zero-order chi connectivity index (χ0) is 27.5. The molecule has 0 fully saturated rings. The molecule has 0 saturated carbocycles. The minimum absolute atomic E-state index is 0.208. The van der Waals surface area contributed by atoms with Gasteiger partial charge in [0.2, 0.25) is 10.0 Å². The van der Waals surface area contributed by atoms with E-state index in [0.29, 0.717) is 40.1 Å². The molecule has 3 rings (SSSR count). The molecule has 0 atom stereocenters. The quantitative estimate of drug-likeness (QED) is 0.258. The predicted octanol–water partition coefficient (Wildman–Crippen LogP) is 3.67.